The predicted molar refractivity (Wildman–Crippen MR) is 114 cm³/mol. The molecule has 3 heteroatoms. The van der Waals surface area contributed by atoms with Crippen molar-refractivity contribution in [2.24, 2.45) is 11.0 Å². The van der Waals surface area contributed by atoms with Crippen molar-refractivity contribution in [3.05, 3.63) is 114 Å². The summed E-state index contributed by atoms with van der Waals surface area (Å²) in [5.74, 6) is 0.285. The van der Waals surface area contributed by atoms with E-state index in [4.69, 9.17) is 0 Å². The van der Waals surface area contributed by atoms with Gasteiger partial charge in [0.1, 0.15) is 0 Å². The van der Waals surface area contributed by atoms with Crippen molar-refractivity contribution in [2.45, 2.75) is 12.3 Å². The molecule has 0 saturated heterocycles. The zero-order valence-electron chi connectivity index (χ0n) is 15.5. The summed E-state index contributed by atoms with van der Waals surface area (Å²) >= 11 is 0. The van der Waals surface area contributed by atoms with Crippen molar-refractivity contribution < 1.29 is 4.79 Å². The van der Waals surface area contributed by atoms with Crippen LogP contribution in [0.4, 0.5) is 0 Å². The van der Waals surface area contributed by atoms with Crippen LogP contribution >= 0.6 is 0 Å². The molecule has 1 amide bonds. The van der Waals surface area contributed by atoms with Gasteiger partial charge in [-0.3, -0.25) is 4.79 Å². The van der Waals surface area contributed by atoms with Gasteiger partial charge in [0.05, 0.1) is 5.71 Å². The van der Waals surface area contributed by atoms with Crippen LogP contribution in [0.1, 0.15) is 29.0 Å². The minimum Gasteiger partial charge on any atom is -0.273 e. The number of rotatable bonds is 6. The zero-order chi connectivity index (χ0) is 19.2. The first-order chi connectivity index (χ1) is 13.8. The molecule has 0 bridgehead atoms. The Bertz CT molecular complexity index is 979. The maximum atomic E-state index is 12.6. The number of allylic oxidation sites excluding steroid dienone is 1. The van der Waals surface area contributed by atoms with Gasteiger partial charge in [-0.25, -0.2) is 5.43 Å². The second kappa shape index (κ2) is 8.49. The van der Waals surface area contributed by atoms with Gasteiger partial charge in [-0.05, 0) is 29.5 Å². The van der Waals surface area contributed by atoms with Crippen LogP contribution in [0.5, 0.6) is 0 Å². The van der Waals surface area contributed by atoms with Gasteiger partial charge >= 0.3 is 0 Å². The fourth-order valence-corrected chi connectivity index (χ4v) is 3.30. The van der Waals surface area contributed by atoms with Gasteiger partial charge < -0.3 is 0 Å². The van der Waals surface area contributed by atoms with Gasteiger partial charge in [0, 0.05) is 11.5 Å². The minimum atomic E-state index is -0.0182. The molecular formula is C25H22N2O. The second-order valence-corrected chi connectivity index (χ2v) is 6.94. The van der Waals surface area contributed by atoms with E-state index in [2.05, 4.69) is 22.7 Å². The van der Waals surface area contributed by atoms with Gasteiger partial charge in [-0.2, -0.15) is 5.10 Å². The molecule has 1 aliphatic rings. The SMILES string of the molecule is O=C(N/N=C(/C=C/c1ccccc1)c1ccccc1)[C@@H]1C[C@@H]1c1ccccc1. The highest BCUT2D eigenvalue weighted by molar-refractivity contribution is 6.11. The molecular weight excluding hydrogens is 344 g/mol. The molecule has 1 fully saturated rings. The van der Waals surface area contributed by atoms with Crippen LogP contribution in [0, 0.1) is 5.92 Å². The van der Waals surface area contributed by atoms with E-state index in [9.17, 15) is 4.79 Å². The summed E-state index contributed by atoms with van der Waals surface area (Å²) in [5.41, 5.74) is 6.78. The van der Waals surface area contributed by atoms with Crippen molar-refractivity contribution >= 4 is 17.7 Å². The molecule has 3 aromatic carbocycles. The Balaban J connectivity index is 1.48. The van der Waals surface area contributed by atoms with Crippen LogP contribution in [-0.4, -0.2) is 11.6 Å². The number of hydrogen-bond acceptors (Lipinski definition) is 2. The largest absolute Gasteiger partial charge is 0.273 e. The molecule has 1 aliphatic carbocycles. The van der Waals surface area contributed by atoms with Crippen molar-refractivity contribution in [1.82, 2.24) is 5.43 Å². The Labute approximate surface area is 165 Å². The van der Waals surface area contributed by atoms with Crippen LogP contribution in [0.2, 0.25) is 0 Å². The minimum absolute atomic E-state index is 0.00118. The molecule has 28 heavy (non-hydrogen) atoms. The Morgan fingerprint density at radius 1 is 0.857 bits per heavy atom. The number of amides is 1. The third-order valence-electron chi connectivity index (χ3n) is 4.94. The highest BCUT2D eigenvalue weighted by Crippen LogP contribution is 2.47. The van der Waals surface area contributed by atoms with Crippen molar-refractivity contribution in [1.29, 1.82) is 0 Å². The molecule has 1 N–H and O–H groups in total. The summed E-state index contributed by atoms with van der Waals surface area (Å²) in [7, 11) is 0. The lowest BCUT2D eigenvalue weighted by atomic mass is 10.1. The fourth-order valence-electron chi connectivity index (χ4n) is 3.30. The first kappa shape index (κ1) is 17.9. The third kappa shape index (κ3) is 4.44. The number of benzene rings is 3. The van der Waals surface area contributed by atoms with Crippen molar-refractivity contribution in [2.75, 3.05) is 0 Å². The number of carbonyl (C=O) groups is 1. The zero-order valence-corrected chi connectivity index (χ0v) is 15.5. The van der Waals surface area contributed by atoms with E-state index < -0.39 is 0 Å². The van der Waals surface area contributed by atoms with Crippen LogP contribution in [0.25, 0.3) is 6.08 Å². The van der Waals surface area contributed by atoms with Crippen molar-refractivity contribution in [3.8, 4) is 0 Å². The van der Waals surface area contributed by atoms with E-state index in [1.807, 2.05) is 91.0 Å². The second-order valence-electron chi connectivity index (χ2n) is 6.94. The first-order valence-electron chi connectivity index (χ1n) is 9.52. The molecule has 0 aromatic heterocycles. The number of hydrogen-bond donors (Lipinski definition) is 1. The van der Waals surface area contributed by atoms with Crippen LogP contribution in [0.3, 0.4) is 0 Å². The molecule has 0 heterocycles. The van der Waals surface area contributed by atoms with E-state index in [1.165, 1.54) is 5.56 Å². The first-order valence-corrected chi connectivity index (χ1v) is 9.52. The lowest BCUT2D eigenvalue weighted by Crippen LogP contribution is -2.21. The summed E-state index contributed by atoms with van der Waals surface area (Å²) < 4.78 is 0. The summed E-state index contributed by atoms with van der Waals surface area (Å²) in [4.78, 5) is 12.6. The monoisotopic (exact) mass is 366 g/mol. The lowest BCUT2D eigenvalue weighted by Gasteiger charge is -2.04. The maximum absolute atomic E-state index is 12.6. The Kier molecular flexibility index (Phi) is 5.43. The van der Waals surface area contributed by atoms with Gasteiger partial charge in [0.25, 0.3) is 0 Å². The Morgan fingerprint density at radius 2 is 1.46 bits per heavy atom. The smallest absolute Gasteiger partial charge is 0.243 e. The van der Waals surface area contributed by atoms with Gasteiger partial charge in [0.2, 0.25) is 5.91 Å². The van der Waals surface area contributed by atoms with E-state index in [1.54, 1.807) is 0 Å². The van der Waals surface area contributed by atoms with E-state index in [-0.39, 0.29) is 11.8 Å². The molecule has 1 saturated carbocycles. The topological polar surface area (TPSA) is 41.5 Å². The molecule has 0 aliphatic heterocycles. The number of nitrogens with zero attached hydrogens (tertiary/aromatic N) is 1. The number of nitrogens with one attached hydrogen (secondary N) is 1. The van der Waals surface area contributed by atoms with Gasteiger partial charge in [-0.15, -0.1) is 0 Å². The highest BCUT2D eigenvalue weighted by atomic mass is 16.2. The molecule has 0 unspecified atom stereocenters. The van der Waals surface area contributed by atoms with Gasteiger partial charge in [0.15, 0.2) is 0 Å². The fraction of sp³-hybridized carbons (Fsp3) is 0.120. The van der Waals surface area contributed by atoms with Crippen molar-refractivity contribution in [3.63, 3.8) is 0 Å². The highest BCUT2D eigenvalue weighted by Gasteiger charge is 2.43. The molecule has 3 aromatic rings. The summed E-state index contributed by atoms with van der Waals surface area (Å²) in [6.45, 7) is 0. The molecule has 138 valence electrons. The molecule has 2 atom stereocenters. The third-order valence-corrected chi connectivity index (χ3v) is 4.94. The van der Waals surface area contributed by atoms with Gasteiger partial charge in [-0.1, -0.05) is 97.1 Å². The quantitative estimate of drug-likeness (QED) is 0.483. The normalized spacial score (nSPS) is 18.8. The van der Waals surface area contributed by atoms with Crippen LogP contribution in [0.15, 0.2) is 102 Å². The van der Waals surface area contributed by atoms with E-state index >= 15 is 0 Å². The maximum Gasteiger partial charge on any atom is 0.243 e. The molecule has 4 rings (SSSR count). The molecule has 3 nitrogen and oxygen atoms in total. The number of carbonyl (C=O) groups excluding carboxylic acids is 1. The number of hydrazone groups is 1. The predicted octanol–water partition coefficient (Wildman–Crippen LogP) is 5.02. The standard InChI is InChI=1S/C25H22N2O/c28-25(23-18-22(23)20-12-6-2-7-13-20)27-26-24(21-14-8-3-9-15-21)17-16-19-10-4-1-5-11-19/h1-17,22-23H,18H2,(H,27,28)/b17-16+,26-24-/t22-,23-/m1/s1. The Morgan fingerprint density at radius 3 is 2.14 bits per heavy atom. The van der Waals surface area contributed by atoms with E-state index in [0.717, 1.165) is 23.3 Å². The molecule has 0 radical (unpaired) electrons. The Hall–Kier alpha value is -3.46. The summed E-state index contributed by atoms with van der Waals surface area (Å²) in [5, 5.41) is 4.43. The average Bonchev–Trinajstić information content (AvgIpc) is 3.57. The lowest BCUT2D eigenvalue weighted by molar-refractivity contribution is -0.122. The summed E-state index contributed by atoms with van der Waals surface area (Å²) in [6, 6.07) is 30.1. The summed E-state index contributed by atoms with van der Waals surface area (Å²) in [6.07, 6.45) is 4.82. The van der Waals surface area contributed by atoms with E-state index in [0.29, 0.717) is 5.92 Å². The molecule has 0 spiro atoms. The average molecular weight is 366 g/mol. The van der Waals surface area contributed by atoms with Crippen LogP contribution in [-0.2, 0) is 4.79 Å². The van der Waals surface area contributed by atoms with Crippen LogP contribution < -0.4 is 5.43 Å².